The molecule has 0 amide bonds. The smallest absolute Gasteiger partial charge is 0.270 e. The Kier molecular flexibility index (Phi) is 5.47. The number of aromatic nitrogens is 2. The summed E-state index contributed by atoms with van der Waals surface area (Å²) in [4.78, 5) is 27.2. The monoisotopic (exact) mass is 375 g/mol. The van der Waals surface area contributed by atoms with Gasteiger partial charge in [0.25, 0.3) is 5.69 Å². The van der Waals surface area contributed by atoms with Gasteiger partial charge in [-0.2, -0.15) is 0 Å². The summed E-state index contributed by atoms with van der Waals surface area (Å²) in [5.41, 5.74) is 6.73. The molecule has 0 aliphatic carbocycles. The zero-order valence-electron chi connectivity index (χ0n) is 14.0. The van der Waals surface area contributed by atoms with Crippen molar-refractivity contribution in [3.63, 3.8) is 0 Å². The number of piperazine rings is 1. The zero-order chi connectivity index (χ0) is 18.5. The van der Waals surface area contributed by atoms with Crippen LogP contribution in [-0.2, 0) is 6.54 Å². The second kappa shape index (κ2) is 7.96. The Morgan fingerprint density at radius 3 is 2.58 bits per heavy atom. The Morgan fingerprint density at radius 2 is 1.96 bits per heavy atom. The van der Waals surface area contributed by atoms with Crippen molar-refractivity contribution < 1.29 is 4.92 Å². The summed E-state index contributed by atoms with van der Waals surface area (Å²) in [5.74, 6) is 1.13. The highest BCUT2D eigenvalue weighted by atomic mass is 35.5. The molecule has 1 saturated heterocycles. The number of aliphatic imine (C=N–C) groups is 1. The van der Waals surface area contributed by atoms with E-state index in [0.717, 1.165) is 13.1 Å². The first kappa shape index (κ1) is 17.9. The van der Waals surface area contributed by atoms with Gasteiger partial charge >= 0.3 is 0 Å². The number of hydrogen-bond acceptors (Lipinski definition) is 6. The highest BCUT2D eigenvalue weighted by Gasteiger charge is 2.20. The molecule has 2 heterocycles. The van der Waals surface area contributed by atoms with Crippen LogP contribution in [0.2, 0.25) is 5.02 Å². The molecule has 2 N–H and O–H groups in total. The number of benzene rings is 1. The molecule has 1 aliphatic heterocycles. The molecular weight excluding hydrogens is 358 g/mol. The first-order chi connectivity index (χ1) is 12.5. The van der Waals surface area contributed by atoms with Crippen molar-refractivity contribution in [2.45, 2.75) is 6.54 Å². The standard InChI is InChI=1S/C16H18ClN7O2/c17-14-10-13(24(25)26)3-2-12(14)11-21-15(18)22-6-8-23(9-7-22)16-19-4-1-5-20-16/h1-5,10H,6-9,11H2,(H2,18,21). The van der Waals surface area contributed by atoms with Crippen molar-refractivity contribution in [1.82, 2.24) is 14.9 Å². The van der Waals surface area contributed by atoms with Crippen molar-refractivity contribution in [3.8, 4) is 0 Å². The van der Waals surface area contributed by atoms with Gasteiger partial charge in [0.05, 0.1) is 16.5 Å². The summed E-state index contributed by atoms with van der Waals surface area (Å²) in [7, 11) is 0. The molecule has 0 atom stereocenters. The van der Waals surface area contributed by atoms with E-state index in [1.807, 2.05) is 4.90 Å². The molecular formula is C16H18ClN7O2. The van der Waals surface area contributed by atoms with Crippen LogP contribution in [0.5, 0.6) is 0 Å². The van der Waals surface area contributed by atoms with Crippen molar-refractivity contribution >= 4 is 29.2 Å². The molecule has 0 unspecified atom stereocenters. The maximum absolute atomic E-state index is 10.7. The average molecular weight is 376 g/mol. The summed E-state index contributed by atoms with van der Waals surface area (Å²) in [6, 6.07) is 6.11. The Bertz CT molecular complexity index is 808. The molecule has 1 fully saturated rings. The highest BCUT2D eigenvalue weighted by molar-refractivity contribution is 6.31. The summed E-state index contributed by atoms with van der Waals surface area (Å²) in [5, 5.41) is 11.1. The molecule has 2 aromatic rings. The second-order valence-electron chi connectivity index (χ2n) is 5.73. The van der Waals surface area contributed by atoms with Crippen LogP contribution in [0, 0.1) is 10.1 Å². The number of halogens is 1. The predicted molar refractivity (Wildman–Crippen MR) is 99.3 cm³/mol. The van der Waals surface area contributed by atoms with Crippen LogP contribution in [0.15, 0.2) is 41.7 Å². The van der Waals surface area contributed by atoms with Crippen LogP contribution < -0.4 is 10.6 Å². The van der Waals surface area contributed by atoms with Gasteiger partial charge in [0.1, 0.15) is 0 Å². The van der Waals surface area contributed by atoms with E-state index in [2.05, 4.69) is 19.9 Å². The molecule has 0 spiro atoms. The van der Waals surface area contributed by atoms with E-state index in [9.17, 15) is 10.1 Å². The summed E-state index contributed by atoms with van der Waals surface area (Å²) < 4.78 is 0. The lowest BCUT2D eigenvalue weighted by molar-refractivity contribution is -0.384. The van der Waals surface area contributed by atoms with Gasteiger partial charge in [0.15, 0.2) is 5.96 Å². The highest BCUT2D eigenvalue weighted by Crippen LogP contribution is 2.23. The van der Waals surface area contributed by atoms with Crippen LogP contribution in [0.3, 0.4) is 0 Å². The third-order valence-electron chi connectivity index (χ3n) is 4.10. The predicted octanol–water partition coefficient (Wildman–Crippen LogP) is 1.68. The van der Waals surface area contributed by atoms with E-state index in [-0.39, 0.29) is 12.2 Å². The minimum Gasteiger partial charge on any atom is -0.370 e. The van der Waals surface area contributed by atoms with E-state index in [1.165, 1.54) is 12.1 Å². The van der Waals surface area contributed by atoms with E-state index in [1.54, 1.807) is 24.5 Å². The Balaban J connectivity index is 1.58. The fourth-order valence-electron chi connectivity index (χ4n) is 2.63. The zero-order valence-corrected chi connectivity index (χ0v) is 14.7. The fraction of sp³-hybridized carbons (Fsp3) is 0.312. The molecule has 136 valence electrons. The average Bonchev–Trinajstić information content (AvgIpc) is 2.67. The van der Waals surface area contributed by atoms with E-state index in [4.69, 9.17) is 17.3 Å². The number of nitro groups is 1. The lowest BCUT2D eigenvalue weighted by atomic mass is 10.2. The molecule has 9 nitrogen and oxygen atoms in total. The Labute approximate surface area is 155 Å². The Hall–Kier alpha value is -2.94. The molecule has 3 rings (SSSR count). The lowest BCUT2D eigenvalue weighted by Crippen LogP contribution is -2.51. The second-order valence-corrected chi connectivity index (χ2v) is 6.14. The van der Waals surface area contributed by atoms with Crippen molar-refractivity contribution in [2.24, 2.45) is 10.7 Å². The minimum absolute atomic E-state index is 0.0463. The number of rotatable bonds is 4. The van der Waals surface area contributed by atoms with Crippen LogP contribution in [0.25, 0.3) is 0 Å². The van der Waals surface area contributed by atoms with Crippen LogP contribution in [0.4, 0.5) is 11.6 Å². The van der Waals surface area contributed by atoms with Gasteiger partial charge in [-0.05, 0) is 17.7 Å². The van der Waals surface area contributed by atoms with Crippen molar-refractivity contribution in [2.75, 3.05) is 31.1 Å². The number of hydrogen-bond donors (Lipinski definition) is 1. The van der Waals surface area contributed by atoms with Gasteiger partial charge in [0.2, 0.25) is 5.95 Å². The van der Waals surface area contributed by atoms with Crippen LogP contribution >= 0.6 is 11.6 Å². The Morgan fingerprint density at radius 1 is 1.27 bits per heavy atom. The fourth-order valence-corrected chi connectivity index (χ4v) is 2.87. The maximum atomic E-state index is 10.7. The molecule has 1 aliphatic rings. The summed E-state index contributed by atoms with van der Waals surface area (Å²) >= 11 is 6.08. The number of anilines is 1. The SMILES string of the molecule is NC(=NCc1ccc([N+](=O)[O-])cc1Cl)N1CCN(c2ncccn2)CC1. The summed E-state index contributed by atoms with van der Waals surface area (Å²) in [6.07, 6.45) is 3.44. The van der Waals surface area contributed by atoms with Gasteiger partial charge < -0.3 is 15.5 Å². The molecule has 1 aromatic heterocycles. The number of nitrogens with zero attached hydrogens (tertiary/aromatic N) is 6. The topological polar surface area (TPSA) is 114 Å². The molecule has 10 heteroatoms. The first-order valence-electron chi connectivity index (χ1n) is 8.04. The quantitative estimate of drug-likeness (QED) is 0.374. The van der Waals surface area contributed by atoms with Gasteiger partial charge in [-0.1, -0.05) is 11.6 Å². The summed E-state index contributed by atoms with van der Waals surface area (Å²) in [6.45, 7) is 3.19. The normalized spacial score (nSPS) is 15.2. The van der Waals surface area contributed by atoms with E-state index >= 15 is 0 Å². The third-order valence-corrected chi connectivity index (χ3v) is 4.45. The molecule has 0 bridgehead atoms. The van der Waals surface area contributed by atoms with Gasteiger partial charge in [-0.15, -0.1) is 0 Å². The minimum atomic E-state index is -0.483. The number of nitro benzene ring substituents is 1. The van der Waals surface area contributed by atoms with E-state index in [0.29, 0.717) is 35.6 Å². The molecule has 1 aromatic carbocycles. The first-order valence-corrected chi connectivity index (χ1v) is 8.42. The lowest BCUT2D eigenvalue weighted by Gasteiger charge is -2.35. The molecule has 0 radical (unpaired) electrons. The van der Waals surface area contributed by atoms with Crippen molar-refractivity contribution in [3.05, 3.63) is 57.4 Å². The van der Waals surface area contributed by atoms with Gasteiger partial charge in [-0.3, -0.25) is 10.1 Å². The maximum Gasteiger partial charge on any atom is 0.270 e. The van der Waals surface area contributed by atoms with Gasteiger partial charge in [-0.25, -0.2) is 15.0 Å². The van der Waals surface area contributed by atoms with Crippen LogP contribution in [-0.4, -0.2) is 51.9 Å². The van der Waals surface area contributed by atoms with Crippen LogP contribution in [0.1, 0.15) is 5.56 Å². The van der Waals surface area contributed by atoms with Crippen molar-refractivity contribution in [1.29, 1.82) is 0 Å². The molecule has 0 saturated carbocycles. The third kappa shape index (κ3) is 4.17. The number of nitrogens with two attached hydrogens (primary N) is 1. The molecule has 26 heavy (non-hydrogen) atoms. The number of non-ortho nitro benzene ring substituents is 1. The van der Waals surface area contributed by atoms with E-state index < -0.39 is 4.92 Å². The number of guanidine groups is 1. The largest absolute Gasteiger partial charge is 0.370 e. The van der Waals surface area contributed by atoms with Gasteiger partial charge in [0, 0.05) is 50.7 Å².